The zero-order valence-electron chi connectivity index (χ0n) is 7.43. The lowest BCUT2D eigenvalue weighted by molar-refractivity contribution is -0.129. The molecule has 68 valence electrons. The average molecular weight is 169 g/mol. The SMILES string of the molecule is C=C(C)CNC(=O)[C@@H]1CCCO1. The molecule has 0 aromatic heterocycles. The van der Waals surface area contributed by atoms with Crippen LogP contribution < -0.4 is 5.32 Å². The van der Waals surface area contributed by atoms with Crippen molar-refractivity contribution >= 4 is 5.91 Å². The van der Waals surface area contributed by atoms with Crippen molar-refractivity contribution in [1.82, 2.24) is 5.32 Å². The molecule has 1 heterocycles. The molecule has 0 aromatic rings. The topological polar surface area (TPSA) is 38.3 Å². The molecule has 0 radical (unpaired) electrons. The van der Waals surface area contributed by atoms with Crippen molar-refractivity contribution in [3.05, 3.63) is 12.2 Å². The summed E-state index contributed by atoms with van der Waals surface area (Å²) in [5, 5.41) is 2.76. The van der Waals surface area contributed by atoms with Gasteiger partial charge in [-0.1, -0.05) is 12.2 Å². The van der Waals surface area contributed by atoms with E-state index in [0.29, 0.717) is 13.2 Å². The van der Waals surface area contributed by atoms with Gasteiger partial charge in [-0.25, -0.2) is 0 Å². The van der Waals surface area contributed by atoms with Crippen LogP contribution in [-0.2, 0) is 9.53 Å². The van der Waals surface area contributed by atoms with E-state index in [1.165, 1.54) is 0 Å². The summed E-state index contributed by atoms with van der Waals surface area (Å²) in [6.07, 6.45) is 1.62. The summed E-state index contributed by atoms with van der Waals surface area (Å²) in [4.78, 5) is 11.3. The van der Waals surface area contributed by atoms with E-state index < -0.39 is 0 Å². The third-order valence-corrected chi connectivity index (χ3v) is 1.79. The molecular weight excluding hydrogens is 154 g/mol. The molecule has 0 spiro atoms. The first-order chi connectivity index (χ1) is 5.70. The first-order valence-corrected chi connectivity index (χ1v) is 4.24. The maximum Gasteiger partial charge on any atom is 0.249 e. The van der Waals surface area contributed by atoms with Crippen LogP contribution in [0.1, 0.15) is 19.8 Å². The molecule has 1 atom stereocenters. The minimum absolute atomic E-state index is 0.00417. The highest BCUT2D eigenvalue weighted by molar-refractivity contribution is 5.81. The van der Waals surface area contributed by atoms with Crippen molar-refractivity contribution in [2.45, 2.75) is 25.9 Å². The monoisotopic (exact) mass is 169 g/mol. The van der Waals surface area contributed by atoms with Crippen molar-refractivity contribution < 1.29 is 9.53 Å². The molecule has 0 unspecified atom stereocenters. The van der Waals surface area contributed by atoms with E-state index in [1.54, 1.807) is 0 Å². The summed E-state index contributed by atoms with van der Waals surface area (Å²) < 4.78 is 5.21. The quantitative estimate of drug-likeness (QED) is 0.636. The summed E-state index contributed by atoms with van der Waals surface area (Å²) >= 11 is 0. The number of carbonyl (C=O) groups excluding carboxylic acids is 1. The normalized spacial score (nSPS) is 22.2. The van der Waals surface area contributed by atoms with E-state index in [9.17, 15) is 4.79 Å². The van der Waals surface area contributed by atoms with Crippen LogP contribution >= 0.6 is 0 Å². The van der Waals surface area contributed by atoms with Crippen molar-refractivity contribution in [3.63, 3.8) is 0 Å². The van der Waals surface area contributed by atoms with Gasteiger partial charge in [0, 0.05) is 13.2 Å². The summed E-state index contributed by atoms with van der Waals surface area (Å²) in [6, 6.07) is 0. The van der Waals surface area contributed by atoms with Crippen molar-refractivity contribution in [2.75, 3.05) is 13.2 Å². The number of rotatable bonds is 3. The predicted molar refractivity (Wildman–Crippen MR) is 46.8 cm³/mol. The van der Waals surface area contributed by atoms with Crippen LogP contribution in [0, 0.1) is 0 Å². The van der Waals surface area contributed by atoms with Crippen LogP contribution in [0.5, 0.6) is 0 Å². The van der Waals surface area contributed by atoms with E-state index in [-0.39, 0.29) is 12.0 Å². The maximum atomic E-state index is 11.3. The lowest BCUT2D eigenvalue weighted by atomic mass is 10.2. The molecule has 0 aliphatic carbocycles. The number of nitrogens with one attached hydrogen (secondary N) is 1. The Morgan fingerprint density at radius 1 is 1.75 bits per heavy atom. The molecule has 1 rings (SSSR count). The smallest absolute Gasteiger partial charge is 0.249 e. The highest BCUT2D eigenvalue weighted by atomic mass is 16.5. The fourth-order valence-electron chi connectivity index (χ4n) is 1.14. The molecular formula is C9H15NO2. The van der Waals surface area contributed by atoms with Crippen LogP contribution in [0.3, 0.4) is 0 Å². The zero-order chi connectivity index (χ0) is 8.97. The van der Waals surface area contributed by atoms with Gasteiger partial charge >= 0.3 is 0 Å². The van der Waals surface area contributed by atoms with Gasteiger partial charge in [0.2, 0.25) is 5.91 Å². The van der Waals surface area contributed by atoms with E-state index in [1.807, 2.05) is 6.92 Å². The van der Waals surface area contributed by atoms with E-state index in [2.05, 4.69) is 11.9 Å². The van der Waals surface area contributed by atoms with Gasteiger partial charge in [0.15, 0.2) is 0 Å². The molecule has 0 saturated carbocycles. The van der Waals surface area contributed by atoms with Crippen LogP contribution in [0.2, 0.25) is 0 Å². The Labute approximate surface area is 72.8 Å². The maximum absolute atomic E-state index is 11.3. The summed E-state index contributed by atoms with van der Waals surface area (Å²) in [5.74, 6) is -0.00417. The summed E-state index contributed by atoms with van der Waals surface area (Å²) in [5.41, 5.74) is 0.960. The molecule has 12 heavy (non-hydrogen) atoms. The van der Waals surface area contributed by atoms with Crippen LogP contribution in [0.4, 0.5) is 0 Å². The Balaban J connectivity index is 2.23. The number of amides is 1. The minimum Gasteiger partial charge on any atom is -0.368 e. The third-order valence-electron chi connectivity index (χ3n) is 1.79. The van der Waals surface area contributed by atoms with Gasteiger partial charge < -0.3 is 10.1 Å². The molecule has 3 nitrogen and oxygen atoms in total. The number of ether oxygens (including phenoxy) is 1. The molecule has 0 bridgehead atoms. The molecule has 1 saturated heterocycles. The number of hydrogen-bond donors (Lipinski definition) is 1. The van der Waals surface area contributed by atoms with E-state index in [0.717, 1.165) is 18.4 Å². The van der Waals surface area contributed by atoms with Crippen LogP contribution in [0.25, 0.3) is 0 Å². The Hall–Kier alpha value is -0.830. The average Bonchev–Trinajstić information content (AvgIpc) is 2.51. The van der Waals surface area contributed by atoms with Gasteiger partial charge in [0.25, 0.3) is 0 Å². The van der Waals surface area contributed by atoms with Crippen LogP contribution in [0.15, 0.2) is 12.2 Å². The van der Waals surface area contributed by atoms with E-state index >= 15 is 0 Å². The fourth-order valence-corrected chi connectivity index (χ4v) is 1.14. The Bertz CT molecular complexity index is 183. The van der Waals surface area contributed by atoms with Gasteiger partial charge in [-0.2, -0.15) is 0 Å². The Morgan fingerprint density at radius 3 is 3.00 bits per heavy atom. The molecule has 3 heteroatoms. The molecule has 0 aromatic carbocycles. The lowest BCUT2D eigenvalue weighted by Crippen LogP contribution is -2.34. The third kappa shape index (κ3) is 2.66. The van der Waals surface area contributed by atoms with Gasteiger partial charge in [-0.05, 0) is 19.8 Å². The number of carbonyl (C=O) groups is 1. The second-order valence-corrected chi connectivity index (χ2v) is 3.18. The summed E-state index contributed by atoms with van der Waals surface area (Å²) in [7, 11) is 0. The first-order valence-electron chi connectivity index (χ1n) is 4.24. The highest BCUT2D eigenvalue weighted by Gasteiger charge is 2.22. The zero-order valence-corrected chi connectivity index (χ0v) is 7.43. The molecule has 1 aliphatic heterocycles. The van der Waals surface area contributed by atoms with Gasteiger partial charge in [-0.3, -0.25) is 4.79 Å². The van der Waals surface area contributed by atoms with Crippen LogP contribution in [-0.4, -0.2) is 25.2 Å². The van der Waals surface area contributed by atoms with Crippen molar-refractivity contribution in [2.24, 2.45) is 0 Å². The Morgan fingerprint density at radius 2 is 2.50 bits per heavy atom. The molecule has 1 aliphatic rings. The van der Waals surface area contributed by atoms with Gasteiger partial charge in [-0.15, -0.1) is 0 Å². The first kappa shape index (κ1) is 9.26. The number of hydrogen-bond acceptors (Lipinski definition) is 2. The molecule has 1 fully saturated rings. The second kappa shape index (κ2) is 4.26. The van der Waals surface area contributed by atoms with Gasteiger partial charge in [0.1, 0.15) is 6.10 Å². The largest absolute Gasteiger partial charge is 0.368 e. The predicted octanol–water partition coefficient (Wildman–Crippen LogP) is 0.858. The highest BCUT2D eigenvalue weighted by Crippen LogP contribution is 2.11. The van der Waals surface area contributed by atoms with E-state index in [4.69, 9.17) is 4.74 Å². The Kier molecular flexibility index (Phi) is 3.29. The fraction of sp³-hybridized carbons (Fsp3) is 0.667. The second-order valence-electron chi connectivity index (χ2n) is 3.18. The lowest BCUT2D eigenvalue weighted by Gasteiger charge is -2.09. The van der Waals surface area contributed by atoms with Crippen molar-refractivity contribution in [1.29, 1.82) is 0 Å². The van der Waals surface area contributed by atoms with Gasteiger partial charge in [0.05, 0.1) is 0 Å². The molecule has 1 amide bonds. The minimum atomic E-state index is -0.218. The standard InChI is InChI=1S/C9H15NO2/c1-7(2)6-10-9(11)8-4-3-5-12-8/h8H,1,3-6H2,2H3,(H,10,11)/t8-/m0/s1. The summed E-state index contributed by atoms with van der Waals surface area (Å²) in [6.45, 7) is 6.85. The molecule has 1 N–H and O–H groups in total. The van der Waals surface area contributed by atoms with Crippen molar-refractivity contribution in [3.8, 4) is 0 Å².